The minimum Gasteiger partial charge on any atom is -0.497 e. The van der Waals surface area contributed by atoms with E-state index < -0.39 is 17.1 Å². The van der Waals surface area contributed by atoms with Gasteiger partial charge in [-0.15, -0.1) is 0 Å². The van der Waals surface area contributed by atoms with Gasteiger partial charge in [0.1, 0.15) is 12.3 Å². The first kappa shape index (κ1) is 26.8. The Morgan fingerprint density at radius 1 is 1.22 bits per heavy atom. The van der Waals surface area contributed by atoms with Gasteiger partial charge in [-0.2, -0.15) is 0 Å². The zero-order valence-corrected chi connectivity index (χ0v) is 23.4. The van der Waals surface area contributed by atoms with Crippen LogP contribution in [0.15, 0.2) is 41.3 Å². The summed E-state index contributed by atoms with van der Waals surface area (Å²) in [6, 6.07) is 11.6. The molecule has 2 aromatic carbocycles. The van der Waals surface area contributed by atoms with Gasteiger partial charge in [0, 0.05) is 23.0 Å². The van der Waals surface area contributed by atoms with Crippen LogP contribution in [0.1, 0.15) is 63.6 Å². The second kappa shape index (κ2) is 10.2. The molecule has 2 aromatic rings. The van der Waals surface area contributed by atoms with Gasteiger partial charge in [-0.1, -0.05) is 6.92 Å². The summed E-state index contributed by atoms with van der Waals surface area (Å²) in [5, 5.41) is 2.27. The number of hydrogen-bond acceptors (Lipinski definition) is 6. The fraction of sp³-hybridized carbons (Fsp3) is 0.414. The number of rotatable bonds is 6. The first-order valence-corrected chi connectivity index (χ1v) is 13.4. The molecule has 1 saturated heterocycles. The Hall–Kier alpha value is -3.26. The van der Waals surface area contributed by atoms with Gasteiger partial charge in [0.15, 0.2) is 0 Å². The van der Waals surface area contributed by atoms with Crippen molar-refractivity contribution in [3.8, 4) is 5.75 Å². The molecular formula is C29H35N3O4S. The maximum Gasteiger partial charge on any atom is 0.294 e. The van der Waals surface area contributed by atoms with E-state index in [1.165, 1.54) is 11.3 Å². The molecular weight excluding hydrogens is 486 g/mol. The lowest BCUT2D eigenvalue weighted by Crippen LogP contribution is -2.51. The Morgan fingerprint density at radius 2 is 1.89 bits per heavy atom. The van der Waals surface area contributed by atoms with Crippen molar-refractivity contribution in [3.63, 3.8) is 0 Å². The topological polar surface area (TPSA) is 79.0 Å². The number of thioether (sulfide) groups is 1. The molecule has 1 N–H and O–H groups in total. The van der Waals surface area contributed by atoms with Crippen LogP contribution in [0.5, 0.6) is 5.75 Å². The Bertz CT molecular complexity index is 1270. The predicted octanol–water partition coefficient (Wildman–Crippen LogP) is 6.18. The van der Waals surface area contributed by atoms with Gasteiger partial charge < -0.3 is 15.0 Å². The molecule has 2 heterocycles. The number of aryl methyl sites for hydroxylation is 1. The minimum atomic E-state index is -0.449. The summed E-state index contributed by atoms with van der Waals surface area (Å²) in [6.07, 6.45) is 2.81. The number of anilines is 2. The second-order valence-corrected chi connectivity index (χ2v) is 11.7. The Labute approximate surface area is 223 Å². The predicted molar refractivity (Wildman–Crippen MR) is 150 cm³/mol. The van der Waals surface area contributed by atoms with Gasteiger partial charge in [-0.3, -0.25) is 19.3 Å². The third-order valence-corrected chi connectivity index (χ3v) is 7.92. The van der Waals surface area contributed by atoms with Crippen molar-refractivity contribution < 1.29 is 19.1 Å². The van der Waals surface area contributed by atoms with E-state index in [0.29, 0.717) is 28.3 Å². The lowest BCUT2D eigenvalue weighted by molar-refractivity contribution is -0.127. The average molecular weight is 522 g/mol. The highest BCUT2D eigenvalue weighted by atomic mass is 32.2. The number of nitrogens with zero attached hydrogens (tertiary/aromatic N) is 2. The molecule has 37 heavy (non-hydrogen) atoms. The number of ether oxygens (including phenoxy) is 1. The quantitative estimate of drug-likeness (QED) is 0.458. The maximum atomic E-state index is 13.1. The smallest absolute Gasteiger partial charge is 0.294 e. The van der Waals surface area contributed by atoms with Gasteiger partial charge in [0.05, 0.1) is 12.0 Å². The van der Waals surface area contributed by atoms with Crippen molar-refractivity contribution in [2.45, 2.75) is 65.5 Å². The van der Waals surface area contributed by atoms with Crippen LogP contribution in [0.2, 0.25) is 0 Å². The molecule has 0 radical (unpaired) electrons. The van der Waals surface area contributed by atoms with E-state index >= 15 is 0 Å². The number of nitrogens with one attached hydrogen (secondary N) is 1. The average Bonchev–Trinajstić information content (AvgIpc) is 3.07. The summed E-state index contributed by atoms with van der Waals surface area (Å²) in [6.45, 7) is 12.9. The van der Waals surface area contributed by atoms with Crippen molar-refractivity contribution in [1.29, 1.82) is 0 Å². The number of fused-ring (bicyclic) bond motifs is 1. The zero-order valence-electron chi connectivity index (χ0n) is 22.5. The summed E-state index contributed by atoms with van der Waals surface area (Å²) in [4.78, 5) is 42.1. The highest BCUT2D eigenvalue weighted by molar-refractivity contribution is 8.18. The van der Waals surface area contributed by atoms with E-state index in [1.807, 2.05) is 6.92 Å². The maximum absolute atomic E-state index is 13.1. The highest BCUT2D eigenvalue weighted by Crippen LogP contribution is 2.46. The summed E-state index contributed by atoms with van der Waals surface area (Å²) in [7, 11) is 1.56. The molecule has 7 nitrogen and oxygen atoms in total. The van der Waals surface area contributed by atoms with Gasteiger partial charge in [0.25, 0.3) is 11.1 Å². The van der Waals surface area contributed by atoms with Crippen molar-refractivity contribution in [2.75, 3.05) is 23.9 Å². The number of benzene rings is 2. The first-order chi connectivity index (χ1) is 17.4. The van der Waals surface area contributed by atoms with Crippen molar-refractivity contribution >= 4 is 46.3 Å². The van der Waals surface area contributed by atoms with Gasteiger partial charge >= 0.3 is 0 Å². The Balaban J connectivity index is 1.54. The summed E-state index contributed by atoms with van der Waals surface area (Å²) in [5.74, 6) is 0.143. The molecule has 3 amide bonds. The second-order valence-electron chi connectivity index (χ2n) is 10.7. The van der Waals surface area contributed by atoms with Crippen molar-refractivity contribution in [1.82, 2.24) is 4.90 Å². The molecule has 0 saturated carbocycles. The summed E-state index contributed by atoms with van der Waals surface area (Å²) >= 11 is 0.874. The van der Waals surface area contributed by atoms with Crippen LogP contribution in [-0.2, 0) is 9.59 Å². The third kappa shape index (κ3) is 5.39. The molecule has 2 aliphatic rings. The lowest BCUT2D eigenvalue weighted by Gasteiger charge is -2.50. The minimum absolute atomic E-state index is 0.0452. The van der Waals surface area contributed by atoms with E-state index in [-0.39, 0.29) is 12.1 Å². The molecule has 1 fully saturated rings. The van der Waals surface area contributed by atoms with Crippen LogP contribution in [0.25, 0.3) is 6.08 Å². The van der Waals surface area contributed by atoms with Gasteiger partial charge in [-0.25, -0.2) is 0 Å². The summed E-state index contributed by atoms with van der Waals surface area (Å²) < 4.78 is 5.12. The van der Waals surface area contributed by atoms with Gasteiger partial charge in [0.2, 0.25) is 5.91 Å². The molecule has 0 aliphatic carbocycles. The largest absolute Gasteiger partial charge is 0.497 e. The molecule has 8 heteroatoms. The molecule has 1 atom stereocenters. The van der Waals surface area contributed by atoms with Crippen LogP contribution >= 0.6 is 11.8 Å². The van der Waals surface area contributed by atoms with Crippen LogP contribution < -0.4 is 15.0 Å². The molecule has 196 valence electrons. The SMILES string of the molecule is COc1ccc(NC(=O)CN2C(=O)S/C(=C\c3cc4c(cc3C)N(C(C)C)C(C)(C)C[C@@H]4C)C2=O)cc1. The fourth-order valence-corrected chi connectivity index (χ4v) is 6.37. The van der Waals surface area contributed by atoms with Crippen LogP contribution in [-0.4, -0.2) is 47.2 Å². The molecule has 0 bridgehead atoms. The number of carbonyl (C=O) groups is 3. The van der Waals surface area contributed by atoms with E-state index in [0.717, 1.165) is 34.2 Å². The summed E-state index contributed by atoms with van der Waals surface area (Å²) in [5.41, 5.74) is 5.05. The van der Waals surface area contributed by atoms with Crippen molar-refractivity contribution in [2.24, 2.45) is 0 Å². The normalized spacial score (nSPS) is 20.0. The van der Waals surface area contributed by atoms with Crippen LogP contribution in [0.4, 0.5) is 16.2 Å². The van der Waals surface area contributed by atoms with Gasteiger partial charge in [-0.05, 0) is 118 Å². The molecule has 2 aliphatic heterocycles. The number of methoxy groups -OCH3 is 1. The number of hydrogen-bond donors (Lipinski definition) is 1. The molecule has 4 rings (SSSR count). The van der Waals surface area contributed by atoms with E-state index in [4.69, 9.17) is 4.74 Å². The fourth-order valence-electron chi connectivity index (χ4n) is 5.54. The van der Waals surface area contributed by atoms with Crippen molar-refractivity contribution in [3.05, 3.63) is 58.0 Å². The van der Waals surface area contributed by atoms with E-state index in [2.05, 4.69) is 57.0 Å². The standard InChI is InChI=1S/C29H35N3O4S/c1-17(2)32-24-12-18(3)20(13-23(24)19(4)15-29(32,5)6)14-25-27(34)31(28(35)37-25)16-26(33)30-21-8-10-22(36-7)11-9-21/h8-14,17,19H,15-16H2,1-7H3,(H,30,33)/b25-14-/t19-/m0/s1. The third-order valence-electron chi connectivity index (χ3n) is 7.02. The first-order valence-electron chi connectivity index (χ1n) is 12.5. The number of amides is 3. The zero-order chi connectivity index (χ0) is 27.1. The van der Waals surface area contributed by atoms with E-state index in [1.54, 1.807) is 37.5 Å². The molecule has 0 spiro atoms. The number of carbonyl (C=O) groups excluding carboxylic acids is 3. The molecule has 0 aromatic heterocycles. The monoisotopic (exact) mass is 521 g/mol. The van der Waals surface area contributed by atoms with Crippen LogP contribution in [0.3, 0.4) is 0 Å². The lowest BCUT2D eigenvalue weighted by atomic mass is 9.78. The van der Waals surface area contributed by atoms with Crippen LogP contribution in [0, 0.1) is 6.92 Å². The number of imide groups is 1. The van der Waals surface area contributed by atoms with E-state index in [9.17, 15) is 14.4 Å². The highest BCUT2D eigenvalue weighted by Gasteiger charge is 2.39. The Kier molecular flexibility index (Phi) is 7.42. The molecule has 0 unspecified atom stereocenters. The Morgan fingerprint density at radius 3 is 2.51 bits per heavy atom.